The summed E-state index contributed by atoms with van der Waals surface area (Å²) in [6.07, 6.45) is 2.80. The first kappa shape index (κ1) is 9.97. The first-order valence-electron chi connectivity index (χ1n) is 5.03. The predicted molar refractivity (Wildman–Crippen MR) is 59.6 cm³/mol. The largest absolute Gasteiger partial charge is 0.465 e. The number of rotatable bonds is 1. The van der Waals surface area contributed by atoms with E-state index < -0.39 is 0 Å². The topological polar surface area (TPSA) is 26.3 Å². The van der Waals surface area contributed by atoms with Crippen LogP contribution in [-0.2, 0) is 16.0 Å². The smallest absolute Gasteiger partial charge is 0.338 e. The molecule has 0 spiro atoms. The van der Waals surface area contributed by atoms with E-state index in [0.29, 0.717) is 5.57 Å². The van der Waals surface area contributed by atoms with Gasteiger partial charge in [0.05, 0.1) is 12.7 Å². The number of carbonyl (C=O) groups excluding carboxylic acids is 1. The molecule has 0 saturated heterocycles. The van der Waals surface area contributed by atoms with Crippen LogP contribution in [0.1, 0.15) is 22.3 Å². The molecule has 78 valence electrons. The maximum atomic E-state index is 11.5. The molecule has 1 aromatic carbocycles. The Hall–Kier alpha value is -1.57. The molecule has 0 heterocycles. The van der Waals surface area contributed by atoms with E-state index in [4.69, 9.17) is 4.74 Å². The third-order valence-corrected chi connectivity index (χ3v) is 2.94. The second-order valence-corrected chi connectivity index (χ2v) is 3.87. The number of allylic oxidation sites excluding steroid dienone is 1. The minimum Gasteiger partial charge on any atom is -0.465 e. The zero-order valence-corrected chi connectivity index (χ0v) is 9.26. The maximum Gasteiger partial charge on any atom is 0.338 e. The van der Waals surface area contributed by atoms with Crippen LogP contribution in [0.2, 0.25) is 0 Å². The van der Waals surface area contributed by atoms with Crippen molar-refractivity contribution < 1.29 is 9.53 Å². The quantitative estimate of drug-likeness (QED) is 0.654. The molecule has 0 radical (unpaired) electrons. The molecule has 0 aliphatic heterocycles. The summed E-state index contributed by atoms with van der Waals surface area (Å²) in [6.45, 7) is 4.10. The van der Waals surface area contributed by atoms with Gasteiger partial charge in [0.15, 0.2) is 0 Å². The molecule has 1 aliphatic carbocycles. The molecule has 0 aromatic heterocycles. The number of fused-ring (bicyclic) bond motifs is 1. The zero-order chi connectivity index (χ0) is 11.0. The van der Waals surface area contributed by atoms with Gasteiger partial charge in [0, 0.05) is 0 Å². The van der Waals surface area contributed by atoms with Gasteiger partial charge in [0.25, 0.3) is 0 Å². The van der Waals surface area contributed by atoms with E-state index in [1.165, 1.54) is 18.2 Å². The second-order valence-electron chi connectivity index (χ2n) is 3.87. The van der Waals surface area contributed by atoms with Crippen LogP contribution in [0.25, 0.3) is 5.57 Å². The molecule has 1 aromatic rings. The van der Waals surface area contributed by atoms with Crippen molar-refractivity contribution in [2.75, 3.05) is 7.11 Å². The number of benzene rings is 1. The molecule has 2 heteroatoms. The molecular formula is C13H14O2. The maximum absolute atomic E-state index is 11.5. The van der Waals surface area contributed by atoms with Crippen molar-refractivity contribution in [3.05, 3.63) is 40.5 Å². The molecule has 0 N–H and O–H groups in total. The fourth-order valence-corrected chi connectivity index (χ4v) is 2.11. The van der Waals surface area contributed by atoms with E-state index in [1.54, 1.807) is 0 Å². The highest BCUT2D eigenvalue weighted by Crippen LogP contribution is 2.33. The van der Waals surface area contributed by atoms with Crippen molar-refractivity contribution in [1.29, 1.82) is 0 Å². The summed E-state index contributed by atoms with van der Waals surface area (Å²) in [5, 5.41) is 0. The SMILES string of the molecule is COC(=O)C1=CCc2c(C)ccc(C)c21. The third kappa shape index (κ3) is 1.46. The minimum atomic E-state index is -0.234. The van der Waals surface area contributed by atoms with Crippen molar-refractivity contribution in [1.82, 2.24) is 0 Å². The van der Waals surface area contributed by atoms with Crippen molar-refractivity contribution in [3.8, 4) is 0 Å². The van der Waals surface area contributed by atoms with Crippen LogP contribution in [0.15, 0.2) is 18.2 Å². The van der Waals surface area contributed by atoms with Crippen molar-refractivity contribution in [2.45, 2.75) is 20.3 Å². The lowest BCUT2D eigenvalue weighted by Gasteiger charge is -2.09. The van der Waals surface area contributed by atoms with Gasteiger partial charge in [-0.3, -0.25) is 0 Å². The molecular weight excluding hydrogens is 188 g/mol. The van der Waals surface area contributed by atoms with Gasteiger partial charge in [-0.05, 0) is 42.5 Å². The molecule has 2 rings (SSSR count). The molecule has 1 aliphatic rings. The Labute approximate surface area is 89.6 Å². The summed E-state index contributed by atoms with van der Waals surface area (Å²) in [5.41, 5.74) is 5.43. The summed E-state index contributed by atoms with van der Waals surface area (Å²) in [7, 11) is 1.42. The van der Waals surface area contributed by atoms with E-state index in [1.807, 2.05) is 13.0 Å². The fourth-order valence-electron chi connectivity index (χ4n) is 2.11. The molecule has 0 amide bonds. The number of esters is 1. The van der Waals surface area contributed by atoms with Gasteiger partial charge in [0.2, 0.25) is 0 Å². The highest BCUT2D eigenvalue weighted by Gasteiger charge is 2.23. The van der Waals surface area contributed by atoms with E-state index >= 15 is 0 Å². The van der Waals surface area contributed by atoms with Gasteiger partial charge in [-0.2, -0.15) is 0 Å². The molecule has 2 nitrogen and oxygen atoms in total. The van der Waals surface area contributed by atoms with Crippen LogP contribution in [0.5, 0.6) is 0 Å². The summed E-state index contributed by atoms with van der Waals surface area (Å²) >= 11 is 0. The Morgan fingerprint density at radius 2 is 1.93 bits per heavy atom. The summed E-state index contributed by atoms with van der Waals surface area (Å²) in [5.74, 6) is -0.234. The first-order chi connectivity index (χ1) is 7.15. The standard InChI is InChI=1S/C13H14O2/c1-8-4-5-9(2)12-10(8)6-7-11(12)13(14)15-3/h4-5,7H,6H2,1-3H3. The summed E-state index contributed by atoms with van der Waals surface area (Å²) in [6, 6.07) is 4.15. The Morgan fingerprint density at radius 1 is 1.27 bits per heavy atom. The normalized spacial score (nSPS) is 13.4. The Bertz CT molecular complexity index is 456. The van der Waals surface area contributed by atoms with Crippen molar-refractivity contribution >= 4 is 11.5 Å². The highest BCUT2D eigenvalue weighted by molar-refractivity contribution is 6.18. The second kappa shape index (κ2) is 3.54. The van der Waals surface area contributed by atoms with Crippen molar-refractivity contribution in [3.63, 3.8) is 0 Å². The van der Waals surface area contributed by atoms with Gasteiger partial charge in [0.1, 0.15) is 0 Å². The van der Waals surface area contributed by atoms with Crippen LogP contribution < -0.4 is 0 Å². The Morgan fingerprint density at radius 3 is 2.60 bits per heavy atom. The monoisotopic (exact) mass is 202 g/mol. The summed E-state index contributed by atoms with van der Waals surface area (Å²) < 4.78 is 4.78. The molecule has 0 atom stereocenters. The molecule has 15 heavy (non-hydrogen) atoms. The van der Waals surface area contributed by atoms with Gasteiger partial charge in [-0.15, -0.1) is 0 Å². The van der Waals surface area contributed by atoms with Crippen LogP contribution in [0, 0.1) is 13.8 Å². The van der Waals surface area contributed by atoms with Gasteiger partial charge in [-0.25, -0.2) is 4.79 Å². The Balaban J connectivity index is 2.56. The average molecular weight is 202 g/mol. The van der Waals surface area contributed by atoms with Crippen LogP contribution in [0.4, 0.5) is 0 Å². The first-order valence-corrected chi connectivity index (χ1v) is 5.03. The van der Waals surface area contributed by atoms with E-state index in [2.05, 4.69) is 19.1 Å². The number of hydrogen-bond acceptors (Lipinski definition) is 2. The van der Waals surface area contributed by atoms with E-state index in [-0.39, 0.29) is 5.97 Å². The number of carbonyl (C=O) groups is 1. The Kier molecular flexibility index (Phi) is 2.35. The highest BCUT2D eigenvalue weighted by atomic mass is 16.5. The number of hydrogen-bond donors (Lipinski definition) is 0. The third-order valence-electron chi connectivity index (χ3n) is 2.94. The summed E-state index contributed by atoms with van der Waals surface area (Å²) in [4.78, 5) is 11.5. The van der Waals surface area contributed by atoms with Crippen LogP contribution in [0.3, 0.4) is 0 Å². The van der Waals surface area contributed by atoms with E-state index in [0.717, 1.165) is 17.5 Å². The van der Waals surface area contributed by atoms with Gasteiger partial charge < -0.3 is 4.74 Å². The van der Waals surface area contributed by atoms with Crippen molar-refractivity contribution in [2.24, 2.45) is 0 Å². The lowest BCUT2D eigenvalue weighted by molar-refractivity contribution is -0.133. The van der Waals surface area contributed by atoms with Crippen LogP contribution >= 0.6 is 0 Å². The molecule has 0 fully saturated rings. The van der Waals surface area contributed by atoms with Gasteiger partial charge >= 0.3 is 5.97 Å². The molecule has 0 bridgehead atoms. The number of methoxy groups -OCH3 is 1. The lowest BCUT2D eigenvalue weighted by atomic mass is 9.96. The lowest BCUT2D eigenvalue weighted by Crippen LogP contribution is -2.04. The average Bonchev–Trinajstić information content (AvgIpc) is 2.68. The number of ether oxygens (including phenoxy) is 1. The zero-order valence-electron chi connectivity index (χ0n) is 9.26. The fraction of sp³-hybridized carbons (Fsp3) is 0.308. The molecule has 0 unspecified atom stereocenters. The van der Waals surface area contributed by atoms with Crippen LogP contribution in [-0.4, -0.2) is 13.1 Å². The van der Waals surface area contributed by atoms with Gasteiger partial charge in [-0.1, -0.05) is 18.2 Å². The predicted octanol–water partition coefficient (Wildman–Crippen LogP) is 2.42. The number of aryl methyl sites for hydroxylation is 2. The minimum absolute atomic E-state index is 0.234. The van der Waals surface area contributed by atoms with E-state index in [9.17, 15) is 4.79 Å². The molecule has 0 saturated carbocycles.